The predicted molar refractivity (Wildman–Crippen MR) is 54.3 cm³/mol. The molecule has 0 aliphatic rings. The van der Waals surface area contributed by atoms with Crippen molar-refractivity contribution in [2.24, 2.45) is 0 Å². The van der Waals surface area contributed by atoms with Crippen LogP contribution in [0.15, 0.2) is 6.07 Å². The Labute approximate surface area is 91.4 Å². The van der Waals surface area contributed by atoms with Gasteiger partial charge < -0.3 is 10.5 Å². The maximum absolute atomic E-state index is 12.4. The van der Waals surface area contributed by atoms with Crippen LogP contribution in [0.4, 0.5) is 14.5 Å². The van der Waals surface area contributed by atoms with Gasteiger partial charge in [-0.2, -0.15) is 0 Å². The summed E-state index contributed by atoms with van der Waals surface area (Å²) in [4.78, 5) is 15.0. The lowest BCUT2D eigenvalue weighted by Gasteiger charge is -2.09. The maximum Gasteiger partial charge on any atom is 0.340 e. The number of nitrogens with zero attached hydrogens (tertiary/aromatic N) is 1. The molecular weight excluding hydrogens is 218 g/mol. The molecule has 0 saturated carbocycles. The van der Waals surface area contributed by atoms with Crippen LogP contribution in [0.25, 0.3) is 0 Å². The van der Waals surface area contributed by atoms with Gasteiger partial charge in [0.15, 0.2) is 0 Å². The van der Waals surface area contributed by atoms with E-state index in [0.29, 0.717) is 0 Å². The largest absolute Gasteiger partial charge is 0.462 e. The first-order valence-corrected chi connectivity index (χ1v) is 4.69. The third-order valence-corrected chi connectivity index (χ3v) is 1.98. The summed E-state index contributed by atoms with van der Waals surface area (Å²) in [7, 11) is 0. The molecule has 1 heterocycles. The Balaban J connectivity index is 3.15. The number of halogens is 2. The second-order valence-electron chi connectivity index (χ2n) is 3.12. The van der Waals surface area contributed by atoms with Gasteiger partial charge in [0.25, 0.3) is 6.43 Å². The maximum atomic E-state index is 12.4. The third kappa shape index (κ3) is 2.44. The highest BCUT2D eigenvalue weighted by Crippen LogP contribution is 2.25. The fourth-order valence-electron chi connectivity index (χ4n) is 1.23. The number of ether oxygens (including phenoxy) is 1. The van der Waals surface area contributed by atoms with Gasteiger partial charge in [-0.05, 0) is 19.9 Å². The van der Waals surface area contributed by atoms with Crippen LogP contribution in [0.3, 0.4) is 0 Å². The number of carbonyl (C=O) groups excluding carboxylic acids is 1. The molecule has 1 aromatic rings. The number of nitrogens with two attached hydrogens (primary N) is 1. The van der Waals surface area contributed by atoms with Crippen molar-refractivity contribution in [3.05, 3.63) is 23.0 Å². The average Bonchev–Trinajstić information content (AvgIpc) is 2.20. The molecule has 0 fully saturated rings. The Morgan fingerprint density at radius 3 is 2.75 bits per heavy atom. The Hall–Kier alpha value is -1.72. The van der Waals surface area contributed by atoms with Gasteiger partial charge in [-0.15, -0.1) is 0 Å². The number of anilines is 1. The average molecular weight is 230 g/mol. The summed E-state index contributed by atoms with van der Waals surface area (Å²) in [6, 6.07) is 1.17. The molecule has 0 atom stereocenters. The van der Waals surface area contributed by atoms with Crippen molar-refractivity contribution < 1.29 is 18.3 Å². The lowest BCUT2D eigenvalue weighted by atomic mass is 10.1. The number of rotatable bonds is 3. The molecule has 0 saturated heterocycles. The zero-order chi connectivity index (χ0) is 12.3. The molecule has 0 aliphatic carbocycles. The van der Waals surface area contributed by atoms with Crippen molar-refractivity contribution in [2.45, 2.75) is 20.3 Å². The monoisotopic (exact) mass is 230 g/mol. The second-order valence-corrected chi connectivity index (χ2v) is 3.12. The number of esters is 1. The Bertz CT molecular complexity index is 408. The summed E-state index contributed by atoms with van der Waals surface area (Å²) >= 11 is 0. The van der Waals surface area contributed by atoms with Crippen LogP contribution >= 0.6 is 0 Å². The molecule has 0 aliphatic heterocycles. The van der Waals surface area contributed by atoms with E-state index < -0.39 is 18.1 Å². The highest BCUT2D eigenvalue weighted by molar-refractivity contribution is 5.91. The number of alkyl halides is 2. The number of hydrogen-bond acceptors (Lipinski definition) is 4. The highest BCUT2D eigenvalue weighted by Gasteiger charge is 2.19. The van der Waals surface area contributed by atoms with E-state index in [2.05, 4.69) is 4.98 Å². The van der Waals surface area contributed by atoms with E-state index in [4.69, 9.17) is 10.5 Å². The van der Waals surface area contributed by atoms with Crippen LogP contribution in [-0.2, 0) is 4.74 Å². The number of nitrogen functional groups attached to an aromatic ring is 1. The number of hydrogen-bond donors (Lipinski definition) is 1. The van der Waals surface area contributed by atoms with Crippen molar-refractivity contribution in [1.82, 2.24) is 4.98 Å². The smallest absolute Gasteiger partial charge is 0.340 e. The van der Waals surface area contributed by atoms with E-state index in [-0.39, 0.29) is 23.6 Å². The summed E-state index contributed by atoms with van der Waals surface area (Å²) in [5.74, 6) is -0.611. The Kier molecular flexibility index (Phi) is 3.76. The van der Waals surface area contributed by atoms with Crippen molar-refractivity contribution in [3.8, 4) is 0 Å². The first-order chi connectivity index (χ1) is 7.47. The van der Waals surface area contributed by atoms with Gasteiger partial charge in [0.1, 0.15) is 5.69 Å². The molecule has 1 aromatic heterocycles. The molecule has 0 unspecified atom stereocenters. The molecule has 6 heteroatoms. The van der Waals surface area contributed by atoms with E-state index in [0.717, 1.165) is 0 Å². The summed E-state index contributed by atoms with van der Waals surface area (Å²) in [6.45, 7) is 3.31. The fourth-order valence-corrected chi connectivity index (χ4v) is 1.23. The zero-order valence-electron chi connectivity index (χ0n) is 8.96. The SMILES string of the molecule is CCOC(=O)c1cc(N)c(C(F)F)nc1C. The lowest BCUT2D eigenvalue weighted by Crippen LogP contribution is -2.11. The predicted octanol–water partition coefficient (Wildman–Crippen LogP) is 2.09. The van der Waals surface area contributed by atoms with Crippen molar-refractivity contribution in [3.63, 3.8) is 0 Å². The van der Waals surface area contributed by atoms with Gasteiger partial charge in [0.05, 0.1) is 23.6 Å². The molecule has 4 nitrogen and oxygen atoms in total. The van der Waals surface area contributed by atoms with Gasteiger partial charge in [0, 0.05) is 0 Å². The summed E-state index contributed by atoms with van der Waals surface area (Å²) in [5.41, 5.74) is 4.96. The first kappa shape index (κ1) is 12.4. The molecule has 16 heavy (non-hydrogen) atoms. The van der Waals surface area contributed by atoms with Crippen LogP contribution in [0.5, 0.6) is 0 Å². The zero-order valence-corrected chi connectivity index (χ0v) is 8.96. The van der Waals surface area contributed by atoms with Gasteiger partial charge in [0.2, 0.25) is 0 Å². The van der Waals surface area contributed by atoms with Crippen molar-refractivity contribution >= 4 is 11.7 Å². The normalized spacial score (nSPS) is 10.6. The number of carbonyl (C=O) groups is 1. The Morgan fingerprint density at radius 1 is 1.62 bits per heavy atom. The minimum absolute atomic E-state index is 0.115. The molecule has 88 valence electrons. The second kappa shape index (κ2) is 4.87. The van der Waals surface area contributed by atoms with Gasteiger partial charge in [-0.1, -0.05) is 0 Å². The van der Waals surface area contributed by atoms with E-state index in [9.17, 15) is 13.6 Å². The molecule has 0 spiro atoms. The van der Waals surface area contributed by atoms with Crippen LogP contribution < -0.4 is 5.73 Å². The van der Waals surface area contributed by atoms with Gasteiger partial charge in [-0.25, -0.2) is 18.6 Å². The highest BCUT2D eigenvalue weighted by atomic mass is 19.3. The van der Waals surface area contributed by atoms with Gasteiger partial charge in [-0.3, -0.25) is 0 Å². The van der Waals surface area contributed by atoms with Crippen LogP contribution in [0.1, 0.15) is 35.1 Å². The quantitative estimate of drug-likeness (QED) is 0.807. The van der Waals surface area contributed by atoms with E-state index >= 15 is 0 Å². The molecule has 2 N–H and O–H groups in total. The van der Waals surface area contributed by atoms with E-state index in [1.54, 1.807) is 6.92 Å². The molecule has 0 bridgehead atoms. The van der Waals surface area contributed by atoms with Crippen LogP contribution in [-0.4, -0.2) is 17.6 Å². The lowest BCUT2D eigenvalue weighted by molar-refractivity contribution is 0.0524. The molecule has 0 radical (unpaired) electrons. The summed E-state index contributed by atoms with van der Waals surface area (Å²) < 4.78 is 29.6. The number of pyridine rings is 1. The molecular formula is C10H12F2N2O2. The van der Waals surface area contributed by atoms with E-state index in [1.165, 1.54) is 13.0 Å². The van der Waals surface area contributed by atoms with Crippen LogP contribution in [0, 0.1) is 6.92 Å². The minimum atomic E-state index is -2.75. The molecule has 0 aromatic carbocycles. The van der Waals surface area contributed by atoms with Crippen molar-refractivity contribution in [1.29, 1.82) is 0 Å². The molecule has 0 amide bonds. The van der Waals surface area contributed by atoms with Gasteiger partial charge >= 0.3 is 5.97 Å². The molecule has 1 rings (SSSR count). The summed E-state index contributed by atoms with van der Waals surface area (Å²) in [5, 5.41) is 0. The fraction of sp³-hybridized carbons (Fsp3) is 0.400. The van der Waals surface area contributed by atoms with E-state index in [1.807, 2.05) is 0 Å². The number of aromatic nitrogens is 1. The topological polar surface area (TPSA) is 65.2 Å². The summed E-state index contributed by atoms with van der Waals surface area (Å²) in [6.07, 6.45) is -2.75. The van der Waals surface area contributed by atoms with Crippen molar-refractivity contribution in [2.75, 3.05) is 12.3 Å². The first-order valence-electron chi connectivity index (χ1n) is 4.69. The number of aryl methyl sites for hydroxylation is 1. The minimum Gasteiger partial charge on any atom is -0.462 e. The Morgan fingerprint density at radius 2 is 2.25 bits per heavy atom. The standard InChI is InChI=1S/C10H12F2N2O2/c1-3-16-10(15)6-4-7(13)8(9(11)12)14-5(6)2/h4,9H,3,13H2,1-2H3. The third-order valence-electron chi connectivity index (χ3n) is 1.98. The van der Waals surface area contributed by atoms with Crippen LogP contribution in [0.2, 0.25) is 0 Å².